The number of rotatable bonds is 9. The fourth-order valence-corrected chi connectivity index (χ4v) is 4.08. The van der Waals surface area contributed by atoms with Crippen LogP contribution in [0.5, 0.6) is 11.5 Å². The summed E-state index contributed by atoms with van der Waals surface area (Å²) >= 11 is 13.5. The first kappa shape index (κ1) is 23.2. The lowest BCUT2D eigenvalue weighted by Crippen LogP contribution is -1.99. The highest BCUT2D eigenvalue weighted by Crippen LogP contribution is 2.29. The Morgan fingerprint density at radius 3 is 2.61 bits per heavy atom. The molecule has 168 valence electrons. The van der Waals surface area contributed by atoms with Gasteiger partial charge in [0.15, 0.2) is 11.5 Å². The molecule has 0 fully saturated rings. The zero-order valence-corrected chi connectivity index (χ0v) is 20.0. The SMILES string of the molecule is COc1cc(/C=N/n2cnnc2SCc2ccc(Cl)cc2)ccc1OCc1cccc(Cl)c1. The summed E-state index contributed by atoms with van der Waals surface area (Å²) in [5, 5.41) is 14.7. The van der Waals surface area contributed by atoms with E-state index in [2.05, 4.69) is 15.3 Å². The first-order chi connectivity index (χ1) is 16.1. The van der Waals surface area contributed by atoms with Crippen LogP contribution in [0.3, 0.4) is 0 Å². The van der Waals surface area contributed by atoms with Crippen molar-refractivity contribution in [2.45, 2.75) is 17.5 Å². The number of aromatic nitrogens is 3. The Labute approximate surface area is 206 Å². The number of halogens is 2. The zero-order valence-electron chi connectivity index (χ0n) is 17.7. The highest BCUT2D eigenvalue weighted by atomic mass is 35.5. The molecule has 4 aromatic rings. The Balaban J connectivity index is 1.41. The number of benzene rings is 3. The quantitative estimate of drug-likeness (QED) is 0.199. The van der Waals surface area contributed by atoms with Gasteiger partial charge in [0.05, 0.1) is 13.3 Å². The van der Waals surface area contributed by atoms with E-state index in [0.717, 1.165) is 22.4 Å². The van der Waals surface area contributed by atoms with Crippen molar-refractivity contribution in [2.75, 3.05) is 7.11 Å². The number of ether oxygens (including phenoxy) is 2. The third-order valence-corrected chi connectivity index (χ3v) is 6.08. The van der Waals surface area contributed by atoms with Gasteiger partial charge in [-0.05, 0) is 59.2 Å². The zero-order chi connectivity index (χ0) is 23.0. The van der Waals surface area contributed by atoms with Crippen molar-refractivity contribution in [1.82, 2.24) is 14.9 Å². The summed E-state index contributed by atoms with van der Waals surface area (Å²) in [6, 6.07) is 20.9. The average Bonchev–Trinajstić information content (AvgIpc) is 3.28. The molecule has 0 saturated heterocycles. The highest BCUT2D eigenvalue weighted by molar-refractivity contribution is 7.98. The Morgan fingerprint density at radius 2 is 1.82 bits per heavy atom. The Kier molecular flexibility index (Phi) is 7.88. The standard InChI is InChI=1S/C24H20Cl2N4O2S/c1-31-23-12-18(7-10-22(23)32-14-19-3-2-4-21(26)11-19)13-28-30-16-27-29-24(30)33-15-17-5-8-20(25)9-6-17/h2-13,16H,14-15H2,1H3/b28-13+. The van der Waals surface area contributed by atoms with Gasteiger partial charge in [-0.2, -0.15) is 9.78 Å². The lowest BCUT2D eigenvalue weighted by molar-refractivity contribution is 0.284. The van der Waals surface area contributed by atoms with Crippen molar-refractivity contribution in [3.05, 3.63) is 99.8 Å². The maximum atomic E-state index is 6.04. The van der Waals surface area contributed by atoms with E-state index in [9.17, 15) is 0 Å². The molecule has 6 nitrogen and oxygen atoms in total. The number of thioether (sulfide) groups is 1. The first-order valence-electron chi connectivity index (χ1n) is 9.97. The van der Waals surface area contributed by atoms with Gasteiger partial charge in [0, 0.05) is 15.8 Å². The van der Waals surface area contributed by atoms with Crippen LogP contribution in [-0.4, -0.2) is 28.2 Å². The molecule has 0 aliphatic carbocycles. The Morgan fingerprint density at radius 1 is 0.970 bits per heavy atom. The van der Waals surface area contributed by atoms with Gasteiger partial charge in [-0.3, -0.25) is 0 Å². The van der Waals surface area contributed by atoms with Crippen LogP contribution in [0.25, 0.3) is 0 Å². The normalized spacial score (nSPS) is 11.1. The topological polar surface area (TPSA) is 61.5 Å². The second kappa shape index (κ2) is 11.2. The van der Waals surface area contributed by atoms with E-state index < -0.39 is 0 Å². The molecule has 0 aliphatic heterocycles. The van der Waals surface area contributed by atoms with Crippen LogP contribution in [0.2, 0.25) is 10.0 Å². The van der Waals surface area contributed by atoms with Crippen molar-refractivity contribution >= 4 is 41.2 Å². The monoisotopic (exact) mass is 498 g/mol. The number of methoxy groups -OCH3 is 1. The average molecular weight is 499 g/mol. The van der Waals surface area contributed by atoms with E-state index in [1.807, 2.05) is 66.7 Å². The number of nitrogens with zero attached hydrogens (tertiary/aromatic N) is 4. The summed E-state index contributed by atoms with van der Waals surface area (Å²) in [6.07, 6.45) is 3.29. The molecule has 0 radical (unpaired) electrons. The molecule has 0 amide bonds. The minimum atomic E-state index is 0.388. The van der Waals surface area contributed by atoms with E-state index in [4.69, 9.17) is 32.7 Å². The van der Waals surface area contributed by atoms with E-state index in [0.29, 0.717) is 33.3 Å². The van der Waals surface area contributed by atoms with Crippen LogP contribution in [0.4, 0.5) is 0 Å². The Bertz CT molecular complexity index is 1250. The second-order valence-electron chi connectivity index (χ2n) is 6.95. The van der Waals surface area contributed by atoms with E-state index in [-0.39, 0.29) is 0 Å². The van der Waals surface area contributed by atoms with Crippen LogP contribution in [0.15, 0.2) is 83.3 Å². The van der Waals surface area contributed by atoms with Gasteiger partial charge in [0.25, 0.3) is 0 Å². The molecule has 0 unspecified atom stereocenters. The molecule has 0 spiro atoms. The van der Waals surface area contributed by atoms with Gasteiger partial charge >= 0.3 is 0 Å². The predicted octanol–water partition coefficient (Wildman–Crippen LogP) is 6.35. The van der Waals surface area contributed by atoms with E-state index in [1.165, 1.54) is 0 Å². The molecule has 0 bridgehead atoms. The number of hydrogen-bond donors (Lipinski definition) is 0. The summed E-state index contributed by atoms with van der Waals surface area (Å²) < 4.78 is 13.0. The fourth-order valence-electron chi connectivity index (χ4n) is 2.92. The van der Waals surface area contributed by atoms with Crippen molar-refractivity contribution in [3.63, 3.8) is 0 Å². The van der Waals surface area contributed by atoms with Crippen molar-refractivity contribution in [3.8, 4) is 11.5 Å². The first-order valence-corrected chi connectivity index (χ1v) is 11.7. The van der Waals surface area contributed by atoms with Crippen LogP contribution in [-0.2, 0) is 12.4 Å². The van der Waals surface area contributed by atoms with Gasteiger partial charge < -0.3 is 9.47 Å². The highest BCUT2D eigenvalue weighted by Gasteiger charge is 2.08. The smallest absolute Gasteiger partial charge is 0.212 e. The molecular weight excluding hydrogens is 479 g/mol. The minimum absolute atomic E-state index is 0.388. The van der Waals surface area contributed by atoms with E-state index in [1.54, 1.807) is 36.1 Å². The molecule has 33 heavy (non-hydrogen) atoms. The molecular formula is C24H20Cl2N4O2S. The van der Waals surface area contributed by atoms with Crippen molar-refractivity contribution in [2.24, 2.45) is 5.10 Å². The fraction of sp³-hybridized carbons (Fsp3) is 0.125. The molecule has 9 heteroatoms. The van der Waals surface area contributed by atoms with Gasteiger partial charge in [-0.25, -0.2) is 0 Å². The van der Waals surface area contributed by atoms with Gasteiger partial charge in [0.1, 0.15) is 12.9 Å². The maximum absolute atomic E-state index is 6.04. The van der Waals surface area contributed by atoms with Crippen LogP contribution in [0.1, 0.15) is 16.7 Å². The molecule has 1 aromatic heterocycles. The second-order valence-corrected chi connectivity index (χ2v) is 8.76. The lowest BCUT2D eigenvalue weighted by atomic mass is 10.2. The molecule has 1 heterocycles. The van der Waals surface area contributed by atoms with Crippen LogP contribution < -0.4 is 9.47 Å². The summed E-state index contributed by atoms with van der Waals surface area (Å²) in [5.41, 5.74) is 2.97. The van der Waals surface area contributed by atoms with Crippen LogP contribution >= 0.6 is 35.0 Å². The lowest BCUT2D eigenvalue weighted by Gasteiger charge is -2.11. The molecule has 0 atom stereocenters. The van der Waals surface area contributed by atoms with Gasteiger partial charge in [-0.15, -0.1) is 10.2 Å². The molecule has 0 N–H and O–H groups in total. The summed E-state index contributed by atoms with van der Waals surface area (Å²) in [7, 11) is 1.60. The third kappa shape index (κ3) is 6.51. The largest absolute Gasteiger partial charge is 0.493 e. The van der Waals surface area contributed by atoms with Gasteiger partial charge in [0.2, 0.25) is 5.16 Å². The summed E-state index contributed by atoms with van der Waals surface area (Å²) in [6.45, 7) is 0.388. The molecule has 0 aliphatic rings. The predicted molar refractivity (Wildman–Crippen MR) is 133 cm³/mol. The van der Waals surface area contributed by atoms with Crippen molar-refractivity contribution < 1.29 is 9.47 Å². The third-order valence-electron chi connectivity index (χ3n) is 4.58. The Hall–Kier alpha value is -3.00. The summed E-state index contributed by atoms with van der Waals surface area (Å²) in [4.78, 5) is 0. The van der Waals surface area contributed by atoms with Crippen molar-refractivity contribution in [1.29, 1.82) is 0 Å². The number of hydrogen-bond acceptors (Lipinski definition) is 6. The molecule has 0 saturated carbocycles. The van der Waals surface area contributed by atoms with E-state index >= 15 is 0 Å². The molecule has 4 rings (SSSR count). The minimum Gasteiger partial charge on any atom is -0.493 e. The molecule has 3 aromatic carbocycles. The van der Waals surface area contributed by atoms with Crippen LogP contribution in [0, 0.1) is 0 Å². The summed E-state index contributed by atoms with van der Waals surface area (Å²) in [5.74, 6) is 1.98. The van der Waals surface area contributed by atoms with Gasteiger partial charge in [-0.1, -0.05) is 59.2 Å². The maximum Gasteiger partial charge on any atom is 0.212 e.